The van der Waals surface area contributed by atoms with Crippen LogP contribution >= 0.6 is 0 Å². The Hall–Kier alpha value is -0.810. The van der Waals surface area contributed by atoms with Crippen LogP contribution in [0.5, 0.6) is 0 Å². The highest BCUT2D eigenvalue weighted by Gasteiger charge is 2.36. The van der Waals surface area contributed by atoms with Crippen molar-refractivity contribution in [3.63, 3.8) is 0 Å². The molecule has 1 amide bonds. The fourth-order valence-electron chi connectivity index (χ4n) is 2.62. The molecule has 1 saturated carbocycles. The molecule has 0 atom stereocenters. The summed E-state index contributed by atoms with van der Waals surface area (Å²) in [5.41, 5.74) is -0.226. The molecule has 0 radical (unpaired) electrons. The van der Waals surface area contributed by atoms with Crippen molar-refractivity contribution < 1.29 is 19.7 Å². The van der Waals surface area contributed by atoms with Gasteiger partial charge in [0.25, 0.3) is 0 Å². The molecule has 1 aliphatic carbocycles. The molecule has 2 N–H and O–H groups in total. The summed E-state index contributed by atoms with van der Waals surface area (Å²) in [5, 5.41) is 18.5. The number of hydrogen-bond donors (Lipinski definition) is 2. The Morgan fingerprint density at radius 1 is 1.33 bits per heavy atom. The Morgan fingerprint density at radius 3 is 2.44 bits per heavy atom. The van der Waals surface area contributed by atoms with E-state index in [2.05, 4.69) is 0 Å². The topological polar surface area (TPSA) is 70.0 Å². The third kappa shape index (κ3) is 3.14. The zero-order chi connectivity index (χ0) is 13.0. The summed E-state index contributed by atoms with van der Waals surface area (Å²) in [6.45, 7) is 2.45. The van der Waals surface area contributed by atoms with Gasteiger partial charge in [0, 0.05) is 25.1 Å². The minimum absolute atomic E-state index is 0.0884. The molecule has 104 valence electrons. The SMILES string of the molecule is O=C(O)N1CCC(CO)(COCC2CCC2)CC1. The van der Waals surface area contributed by atoms with E-state index in [9.17, 15) is 9.90 Å². The third-order valence-corrected chi connectivity index (χ3v) is 4.42. The van der Waals surface area contributed by atoms with Crippen molar-refractivity contribution in [2.24, 2.45) is 11.3 Å². The van der Waals surface area contributed by atoms with E-state index in [0.29, 0.717) is 38.5 Å². The minimum atomic E-state index is -0.864. The van der Waals surface area contributed by atoms with Crippen molar-refractivity contribution in [2.45, 2.75) is 32.1 Å². The lowest BCUT2D eigenvalue weighted by Gasteiger charge is -2.40. The maximum absolute atomic E-state index is 10.8. The number of likely N-dealkylation sites (tertiary alicyclic amines) is 1. The van der Waals surface area contributed by atoms with Gasteiger partial charge in [-0.2, -0.15) is 0 Å². The molecule has 0 spiro atoms. The highest BCUT2D eigenvalue weighted by atomic mass is 16.5. The van der Waals surface area contributed by atoms with Gasteiger partial charge in [-0.05, 0) is 31.6 Å². The van der Waals surface area contributed by atoms with E-state index in [-0.39, 0.29) is 12.0 Å². The van der Waals surface area contributed by atoms with Gasteiger partial charge >= 0.3 is 6.09 Å². The van der Waals surface area contributed by atoms with E-state index in [1.165, 1.54) is 24.2 Å². The lowest BCUT2D eigenvalue weighted by molar-refractivity contribution is -0.0442. The van der Waals surface area contributed by atoms with Crippen molar-refractivity contribution in [3.05, 3.63) is 0 Å². The second-order valence-corrected chi connectivity index (χ2v) is 5.74. The Balaban J connectivity index is 1.74. The first-order chi connectivity index (χ1) is 8.65. The number of nitrogens with zero attached hydrogens (tertiary/aromatic N) is 1. The Kier molecular flexibility index (Phi) is 4.45. The molecule has 2 aliphatic rings. The fourth-order valence-corrected chi connectivity index (χ4v) is 2.62. The predicted octanol–water partition coefficient (Wildman–Crippen LogP) is 1.56. The van der Waals surface area contributed by atoms with Crippen molar-refractivity contribution in [1.29, 1.82) is 0 Å². The second-order valence-electron chi connectivity index (χ2n) is 5.74. The van der Waals surface area contributed by atoms with Gasteiger partial charge in [0.1, 0.15) is 0 Å². The third-order valence-electron chi connectivity index (χ3n) is 4.42. The predicted molar refractivity (Wildman–Crippen MR) is 66.5 cm³/mol. The number of piperidine rings is 1. The van der Waals surface area contributed by atoms with Crippen LogP contribution in [0.3, 0.4) is 0 Å². The van der Waals surface area contributed by atoms with Crippen LogP contribution in [0.25, 0.3) is 0 Å². The van der Waals surface area contributed by atoms with Gasteiger partial charge in [0.15, 0.2) is 0 Å². The maximum atomic E-state index is 10.8. The Morgan fingerprint density at radius 2 is 2.00 bits per heavy atom. The minimum Gasteiger partial charge on any atom is -0.465 e. The number of ether oxygens (including phenoxy) is 1. The van der Waals surface area contributed by atoms with Crippen molar-refractivity contribution in [3.8, 4) is 0 Å². The number of aliphatic hydroxyl groups is 1. The zero-order valence-corrected chi connectivity index (χ0v) is 10.8. The number of aliphatic hydroxyl groups excluding tert-OH is 1. The summed E-state index contributed by atoms with van der Waals surface area (Å²) in [7, 11) is 0. The molecule has 5 heteroatoms. The van der Waals surface area contributed by atoms with Crippen LogP contribution in [0.4, 0.5) is 4.79 Å². The summed E-state index contributed by atoms with van der Waals surface area (Å²) in [4.78, 5) is 12.3. The highest BCUT2D eigenvalue weighted by molar-refractivity contribution is 5.65. The lowest BCUT2D eigenvalue weighted by Crippen LogP contribution is -2.46. The van der Waals surface area contributed by atoms with Gasteiger partial charge in [-0.25, -0.2) is 4.79 Å². The molecular weight excluding hydrogens is 234 g/mol. The van der Waals surface area contributed by atoms with Crippen molar-refractivity contribution in [2.75, 3.05) is 32.9 Å². The van der Waals surface area contributed by atoms with Crippen LogP contribution in [0.15, 0.2) is 0 Å². The van der Waals surface area contributed by atoms with Gasteiger partial charge in [-0.3, -0.25) is 0 Å². The monoisotopic (exact) mass is 257 g/mol. The summed E-state index contributed by atoms with van der Waals surface area (Å²) in [6, 6.07) is 0. The van der Waals surface area contributed by atoms with E-state index < -0.39 is 6.09 Å². The van der Waals surface area contributed by atoms with Crippen LogP contribution in [-0.4, -0.2) is 54.1 Å². The lowest BCUT2D eigenvalue weighted by atomic mass is 9.80. The van der Waals surface area contributed by atoms with Crippen LogP contribution in [0.1, 0.15) is 32.1 Å². The molecule has 0 bridgehead atoms. The first-order valence-electron chi connectivity index (χ1n) is 6.82. The molecule has 1 aliphatic heterocycles. The average Bonchev–Trinajstić information content (AvgIpc) is 2.33. The standard InChI is InChI=1S/C13H23NO4/c15-9-13(10-18-8-11-2-1-3-11)4-6-14(7-5-13)12(16)17/h11,15H,1-10H2,(H,16,17). The van der Waals surface area contributed by atoms with Crippen molar-refractivity contribution in [1.82, 2.24) is 4.90 Å². The smallest absolute Gasteiger partial charge is 0.407 e. The quantitative estimate of drug-likeness (QED) is 0.784. The molecule has 5 nitrogen and oxygen atoms in total. The number of carbonyl (C=O) groups is 1. The van der Waals surface area contributed by atoms with Gasteiger partial charge < -0.3 is 19.8 Å². The summed E-state index contributed by atoms with van der Waals surface area (Å²) >= 11 is 0. The average molecular weight is 257 g/mol. The number of amides is 1. The van der Waals surface area contributed by atoms with Gasteiger partial charge in [-0.15, -0.1) is 0 Å². The first kappa shape index (κ1) is 13.6. The Bertz CT molecular complexity index is 283. The molecule has 0 aromatic heterocycles. The van der Waals surface area contributed by atoms with Gasteiger partial charge in [-0.1, -0.05) is 6.42 Å². The molecule has 0 unspecified atom stereocenters. The van der Waals surface area contributed by atoms with Crippen LogP contribution < -0.4 is 0 Å². The number of hydrogen-bond acceptors (Lipinski definition) is 3. The molecule has 2 fully saturated rings. The van der Waals surface area contributed by atoms with E-state index in [1.54, 1.807) is 0 Å². The van der Waals surface area contributed by atoms with Gasteiger partial charge in [0.2, 0.25) is 0 Å². The molecule has 0 aromatic carbocycles. The van der Waals surface area contributed by atoms with Gasteiger partial charge in [0.05, 0.1) is 13.2 Å². The molecule has 1 saturated heterocycles. The molecule has 0 aromatic rings. The largest absolute Gasteiger partial charge is 0.465 e. The van der Waals surface area contributed by atoms with E-state index in [0.717, 1.165) is 6.61 Å². The number of carboxylic acid groups (broad SMARTS) is 1. The normalized spacial score (nSPS) is 23.7. The highest BCUT2D eigenvalue weighted by Crippen LogP contribution is 2.33. The van der Waals surface area contributed by atoms with E-state index in [4.69, 9.17) is 9.84 Å². The fraction of sp³-hybridized carbons (Fsp3) is 0.923. The summed E-state index contributed by atoms with van der Waals surface area (Å²) in [6.07, 6.45) is 4.36. The van der Waals surface area contributed by atoms with Crippen LogP contribution in [0, 0.1) is 11.3 Å². The van der Waals surface area contributed by atoms with E-state index >= 15 is 0 Å². The summed E-state index contributed by atoms with van der Waals surface area (Å²) < 4.78 is 5.74. The number of rotatable bonds is 5. The van der Waals surface area contributed by atoms with Crippen LogP contribution in [-0.2, 0) is 4.74 Å². The maximum Gasteiger partial charge on any atom is 0.407 e. The summed E-state index contributed by atoms with van der Waals surface area (Å²) in [5.74, 6) is 0.708. The second kappa shape index (κ2) is 5.89. The van der Waals surface area contributed by atoms with Crippen LogP contribution in [0.2, 0.25) is 0 Å². The molecular formula is C13H23NO4. The Labute approximate surface area is 108 Å². The molecule has 2 rings (SSSR count). The zero-order valence-electron chi connectivity index (χ0n) is 10.8. The van der Waals surface area contributed by atoms with E-state index in [1.807, 2.05) is 0 Å². The first-order valence-corrected chi connectivity index (χ1v) is 6.82. The molecule has 18 heavy (non-hydrogen) atoms. The van der Waals surface area contributed by atoms with Crippen molar-refractivity contribution >= 4 is 6.09 Å². The molecule has 1 heterocycles.